The first kappa shape index (κ1) is 27.2. The highest BCUT2D eigenvalue weighted by molar-refractivity contribution is 6.19. The van der Waals surface area contributed by atoms with E-state index in [-0.39, 0.29) is 0 Å². The SMILES string of the molecule is C1=CCCC(c2c3ccccc3c(-c3nc(-c4ccccc4)nc(-c4ccc5ccc6c7c(ccc4c57)=CCC6)n3)c3ccccc23)=C1. The van der Waals surface area contributed by atoms with Crippen LogP contribution in [0.25, 0.3) is 88.9 Å². The first-order valence-electron chi connectivity index (χ1n) is 16.9. The van der Waals surface area contributed by atoms with E-state index in [1.165, 1.54) is 54.2 Å². The summed E-state index contributed by atoms with van der Waals surface area (Å²) < 4.78 is 0. The van der Waals surface area contributed by atoms with Crippen LogP contribution < -0.4 is 5.22 Å². The molecule has 10 rings (SSSR count). The number of rotatable bonds is 4. The van der Waals surface area contributed by atoms with Gasteiger partial charge < -0.3 is 0 Å². The molecule has 48 heavy (non-hydrogen) atoms. The summed E-state index contributed by atoms with van der Waals surface area (Å²) in [5, 5.41) is 11.2. The molecule has 0 N–H and O–H groups in total. The Hall–Kier alpha value is -5.93. The lowest BCUT2D eigenvalue weighted by atomic mass is 9.85. The van der Waals surface area contributed by atoms with Crippen LogP contribution in [0.2, 0.25) is 0 Å². The molecule has 2 aliphatic rings. The van der Waals surface area contributed by atoms with Gasteiger partial charge in [0.15, 0.2) is 17.5 Å². The minimum atomic E-state index is 0.677. The zero-order valence-electron chi connectivity index (χ0n) is 26.4. The summed E-state index contributed by atoms with van der Waals surface area (Å²) in [5.74, 6) is 2.06. The van der Waals surface area contributed by atoms with Crippen molar-refractivity contribution >= 4 is 54.7 Å². The molecule has 3 heteroatoms. The highest BCUT2D eigenvalue weighted by Gasteiger charge is 2.22. The van der Waals surface area contributed by atoms with E-state index in [1.807, 2.05) is 18.2 Å². The van der Waals surface area contributed by atoms with Crippen molar-refractivity contribution in [1.29, 1.82) is 0 Å². The van der Waals surface area contributed by atoms with Gasteiger partial charge in [-0.2, -0.15) is 0 Å². The van der Waals surface area contributed by atoms with E-state index in [0.717, 1.165) is 53.1 Å². The maximum atomic E-state index is 5.39. The van der Waals surface area contributed by atoms with E-state index in [4.69, 9.17) is 15.0 Å². The monoisotopic (exact) mass is 613 g/mol. The van der Waals surface area contributed by atoms with Gasteiger partial charge in [-0.05, 0) is 96.8 Å². The van der Waals surface area contributed by atoms with Crippen molar-refractivity contribution in [3.8, 4) is 34.2 Å². The molecule has 0 unspecified atom stereocenters. The van der Waals surface area contributed by atoms with Crippen LogP contribution in [0.4, 0.5) is 0 Å². The predicted molar refractivity (Wildman–Crippen MR) is 201 cm³/mol. The van der Waals surface area contributed by atoms with Crippen LogP contribution in [0.3, 0.4) is 0 Å². The van der Waals surface area contributed by atoms with Crippen LogP contribution in [0.5, 0.6) is 0 Å². The van der Waals surface area contributed by atoms with Crippen LogP contribution in [-0.2, 0) is 6.42 Å². The average Bonchev–Trinajstić information content (AvgIpc) is 3.16. The summed E-state index contributed by atoms with van der Waals surface area (Å²) in [6.45, 7) is 0. The van der Waals surface area contributed by atoms with Crippen LogP contribution in [0, 0.1) is 0 Å². The van der Waals surface area contributed by atoms with Crippen molar-refractivity contribution in [3.05, 3.63) is 150 Å². The quantitative estimate of drug-likeness (QED) is 0.185. The summed E-state index contributed by atoms with van der Waals surface area (Å²) in [4.78, 5) is 15.9. The summed E-state index contributed by atoms with van der Waals surface area (Å²) in [7, 11) is 0. The molecule has 0 bridgehead atoms. The van der Waals surface area contributed by atoms with E-state index in [2.05, 4.69) is 121 Å². The fourth-order valence-electron chi connectivity index (χ4n) is 8.06. The predicted octanol–water partition coefficient (Wildman–Crippen LogP) is 10.7. The van der Waals surface area contributed by atoms with Crippen molar-refractivity contribution in [1.82, 2.24) is 15.0 Å². The number of benzene rings is 7. The van der Waals surface area contributed by atoms with Gasteiger partial charge in [0.25, 0.3) is 0 Å². The molecule has 3 nitrogen and oxygen atoms in total. The zero-order valence-corrected chi connectivity index (χ0v) is 26.4. The molecule has 0 aliphatic heterocycles. The van der Waals surface area contributed by atoms with Crippen LogP contribution in [0.1, 0.15) is 30.4 Å². The van der Waals surface area contributed by atoms with Gasteiger partial charge in [0, 0.05) is 16.7 Å². The molecule has 0 spiro atoms. The number of aryl methyl sites for hydroxylation is 1. The number of hydrogen-bond donors (Lipinski definition) is 0. The second-order valence-corrected chi connectivity index (χ2v) is 12.9. The third-order valence-corrected chi connectivity index (χ3v) is 10.2. The molecule has 2 aliphatic carbocycles. The summed E-state index contributed by atoms with van der Waals surface area (Å²) in [6.07, 6.45) is 13.3. The number of nitrogens with zero attached hydrogens (tertiary/aromatic N) is 3. The second-order valence-electron chi connectivity index (χ2n) is 12.9. The third kappa shape index (κ3) is 4.17. The zero-order chi connectivity index (χ0) is 31.6. The highest BCUT2D eigenvalue weighted by atomic mass is 15.0. The minimum Gasteiger partial charge on any atom is -0.208 e. The topological polar surface area (TPSA) is 38.7 Å². The Labute approximate surface area is 278 Å². The lowest BCUT2D eigenvalue weighted by Gasteiger charge is -2.20. The molecule has 0 fully saturated rings. The highest BCUT2D eigenvalue weighted by Crippen LogP contribution is 2.43. The molecule has 0 saturated heterocycles. The van der Waals surface area contributed by atoms with Crippen molar-refractivity contribution < 1.29 is 0 Å². The molecule has 8 aromatic rings. The van der Waals surface area contributed by atoms with Gasteiger partial charge in [-0.15, -0.1) is 0 Å². The third-order valence-electron chi connectivity index (χ3n) is 10.2. The Morgan fingerprint density at radius 2 is 1.17 bits per heavy atom. The van der Waals surface area contributed by atoms with E-state index in [0.29, 0.717) is 17.5 Å². The van der Waals surface area contributed by atoms with Crippen molar-refractivity contribution in [2.24, 2.45) is 0 Å². The van der Waals surface area contributed by atoms with E-state index < -0.39 is 0 Å². The summed E-state index contributed by atoms with van der Waals surface area (Å²) in [5.41, 5.74) is 7.15. The minimum absolute atomic E-state index is 0.677. The number of allylic oxidation sites excluding steroid dienone is 4. The number of hydrogen-bond acceptors (Lipinski definition) is 3. The molecule has 0 atom stereocenters. The van der Waals surface area contributed by atoms with Gasteiger partial charge in [0.2, 0.25) is 0 Å². The fraction of sp³-hybridized carbons (Fsp3) is 0.0889. The van der Waals surface area contributed by atoms with Gasteiger partial charge in [0.1, 0.15) is 0 Å². The van der Waals surface area contributed by atoms with E-state index in [1.54, 1.807) is 0 Å². The molecule has 0 radical (unpaired) electrons. The number of fused-ring (bicyclic) bond motifs is 2. The Morgan fingerprint density at radius 1 is 0.479 bits per heavy atom. The van der Waals surface area contributed by atoms with E-state index in [9.17, 15) is 0 Å². The van der Waals surface area contributed by atoms with Gasteiger partial charge >= 0.3 is 0 Å². The molecule has 226 valence electrons. The summed E-state index contributed by atoms with van der Waals surface area (Å²) >= 11 is 0. The van der Waals surface area contributed by atoms with Crippen LogP contribution in [0.15, 0.2) is 133 Å². The molecular formula is C45H31N3. The van der Waals surface area contributed by atoms with Crippen LogP contribution >= 0.6 is 0 Å². The Morgan fingerprint density at radius 3 is 1.92 bits per heavy atom. The maximum Gasteiger partial charge on any atom is 0.165 e. The molecule has 0 saturated carbocycles. The first-order chi connectivity index (χ1) is 23.8. The van der Waals surface area contributed by atoms with Crippen molar-refractivity contribution in [2.75, 3.05) is 0 Å². The average molecular weight is 614 g/mol. The molecule has 1 aromatic heterocycles. The van der Waals surface area contributed by atoms with Crippen molar-refractivity contribution in [2.45, 2.75) is 25.7 Å². The van der Waals surface area contributed by atoms with Gasteiger partial charge in [-0.1, -0.05) is 133 Å². The van der Waals surface area contributed by atoms with Crippen molar-refractivity contribution in [3.63, 3.8) is 0 Å². The van der Waals surface area contributed by atoms with Gasteiger partial charge in [-0.25, -0.2) is 15.0 Å². The normalized spacial score (nSPS) is 14.1. The Bertz CT molecular complexity index is 2660. The lowest BCUT2D eigenvalue weighted by molar-refractivity contribution is 1.04. The van der Waals surface area contributed by atoms with Gasteiger partial charge in [-0.3, -0.25) is 0 Å². The smallest absolute Gasteiger partial charge is 0.165 e. The first-order valence-corrected chi connectivity index (χ1v) is 16.9. The maximum absolute atomic E-state index is 5.39. The lowest BCUT2D eigenvalue weighted by Crippen LogP contribution is -2.10. The largest absolute Gasteiger partial charge is 0.208 e. The molecule has 0 amide bonds. The summed E-state index contributed by atoms with van der Waals surface area (Å²) in [6, 6.07) is 41.4. The molecule has 7 aromatic carbocycles. The van der Waals surface area contributed by atoms with E-state index >= 15 is 0 Å². The Balaban J connectivity index is 1.30. The second kappa shape index (κ2) is 10.8. The molecular weight excluding hydrogens is 583 g/mol. The standard InChI is InChI=1S/C45H31N3/c1-3-12-28(13-4-1)40-33-18-7-9-20-35(33)42(36-21-10-8-19-34(36)40)45-47-43(32-14-5-2-6-15-32)46-44(48-45)38-27-25-31-23-22-29-16-11-17-30-24-26-37(38)41(31)39(29)30/h1-3,5-10,12,14-15,17-27H,4,11,13,16H2. The number of aromatic nitrogens is 3. The Kier molecular flexibility index (Phi) is 6.13. The molecule has 1 heterocycles. The van der Waals surface area contributed by atoms with Crippen LogP contribution in [-0.4, -0.2) is 15.0 Å². The fourth-order valence-corrected chi connectivity index (χ4v) is 8.06. The van der Waals surface area contributed by atoms with Gasteiger partial charge in [0.05, 0.1) is 0 Å².